The first-order chi connectivity index (χ1) is 10.5. The Morgan fingerprint density at radius 2 is 2.18 bits per heavy atom. The molecule has 0 aliphatic carbocycles. The van der Waals surface area contributed by atoms with E-state index >= 15 is 0 Å². The normalized spacial score (nSPS) is 15.5. The van der Waals surface area contributed by atoms with Crippen molar-refractivity contribution in [3.63, 3.8) is 0 Å². The molecule has 0 bridgehead atoms. The van der Waals surface area contributed by atoms with Crippen LogP contribution in [0.5, 0.6) is 0 Å². The van der Waals surface area contributed by atoms with E-state index in [-0.39, 0.29) is 11.9 Å². The first-order valence-electron chi connectivity index (χ1n) is 7.47. The Morgan fingerprint density at radius 3 is 2.86 bits per heavy atom. The van der Waals surface area contributed by atoms with Crippen LogP contribution in [-0.2, 0) is 13.0 Å². The minimum absolute atomic E-state index is 0.0115. The molecule has 7 heteroatoms. The summed E-state index contributed by atoms with van der Waals surface area (Å²) in [5.74, 6) is -0.0425. The van der Waals surface area contributed by atoms with Gasteiger partial charge >= 0.3 is 0 Å². The average molecular weight is 319 g/mol. The van der Waals surface area contributed by atoms with Crippen molar-refractivity contribution in [1.29, 1.82) is 0 Å². The van der Waals surface area contributed by atoms with E-state index in [2.05, 4.69) is 20.5 Å². The number of hydrogen-bond acceptors (Lipinski definition) is 5. The monoisotopic (exact) mass is 319 g/mol. The highest BCUT2D eigenvalue weighted by Gasteiger charge is 2.28. The van der Waals surface area contributed by atoms with Gasteiger partial charge in [-0.2, -0.15) is 5.10 Å². The molecule has 0 fully saturated rings. The van der Waals surface area contributed by atoms with Crippen molar-refractivity contribution in [2.45, 2.75) is 39.8 Å². The maximum absolute atomic E-state index is 12.8. The maximum Gasteiger partial charge on any atom is 0.274 e. The van der Waals surface area contributed by atoms with E-state index in [0.717, 1.165) is 39.8 Å². The van der Waals surface area contributed by atoms with Crippen molar-refractivity contribution < 1.29 is 4.79 Å². The molecule has 118 valence electrons. The first-order valence-corrected chi connectivity index (χ1v) is 8.28. The predicted molar refractivity (Wildman–Crippen MR) is 86.1 cm³/mol. The molecule has 2 N–H and O–H groups in total. The van der Waals surface area contributed by atoms with Crippen LogP contribution < -0.4 is 5.32 Å². The van der Waals surface area contributed by atoms with Gasteiger partial charge in [-0.15, -0.1) is 11.3 Å². The van der Waals surface area contributed by atoms with Crippen LogP contribution in [0.4, 0.5) is 0 Å². The fourth-order valence-electron chi connectivity index (χ4n) is 2.86. The van der Waals surface area contributed by atoms with Gasteiger partial charge in [0.2, 0.25) is 0 Å². The molecular formula is C15H21N5OS. The van der Waals surface area contributed by atoms with Crippen LogP contribution in [0.1, 0.15) is 50.3 Å². The number of amides is 1. The van der Waals surface area contributed by atoms with Crippen molar-refractivity contribution in [2.24, 2.45) is 0 Å². The minimum Gasteiger partial charge on any atom is -0.333 e. The van der Waals surface area contributed by atoms with Crippen LogP contribution in [0, 0.1) is 13.8 Å². The van der Waals surface area contributed by atoms with E-state index in [1.54, 1.807) is 16.2 Å². The lowest BCUT2D eigenvalue weighted by Gasteiger charge is -2.24. The Kier molecular flexibility index (Phi) is 4.01. The van der Waals surface area contributed by atoms with Gasteiger partial charge in [0, 0.05) is 42.7 Å². The Balaban J connectivity index is 1.85. The third-order valence-corrected chi connectivity index (χ3v) is 5.47. The summed E-state index contributed by atoms with van der Waals surface area (Å²) in [6, 6.07) is -0.0115. The van der Waals surface area contributed by atoms with Crippen LogP contribution in [0.25, 0.3) is 0 Å². The van der Waals surface area contributed by atoms with E-state index < -0.39 is 0 Å². The second kappa shape index (κ2) is 5.81. The van der Waals surface area contributed by atoms with Gasteiger partial charge in [-0.25, -0.2) is 4.98 Å². The average Bonchev–Trinajstić information content (AvgIpc) is 3.08. The third kappa shape index (κ3) is 2.55. The van der Waals surface area contributed by atoms with E-state index in [1.807, 2.05) is 27.8 Å². The van der Waals surface area contributed by atoms with E-state index in [0.29, 0.717) is 12.2 Å². The van der Waals surface area contributed by atoms with Crippen LogP contribution in [-0.4, -0.2) is 39.6 Å². The number of thiazole rings is 1. The number of aromatic nitrogens is 3. The van der Waals surface area contributed by atoms with Gasteiger partial charge in [-0.1, -0.05) is 0 Å². The number of nitrogens with one attached hydrogen (secondary N) is 2. The zero-order chi connectivity index (χ0) is 15.9. The Labute approximate surface area is 133 Å². The lowest BCUT2D eigenvalue weighted by atomic mass is 10.1. The molecule has 2 aromatic heterocycles. The summed E-state index contributed by atoms with van der Waals surface area (Å²) >= 11 is 1.65. The molecule has 1 atom stereocenters. The molecule has 1 unspecified atom stereocenters. The van der Waals surface area contributed by atoms with Gasteiger partial charge in [-0.3, -0.25) is 9.89 Å². The molecule has 0 saturated heterocycles. The molecule has 22 heavy (non-hydrogen) atoms. The fourth-order valence-corrected chi connectivity index (χ4v) is 3.88. The highest BCUT2D eigenvalue weighted by atomic mass is 32.1. The molecule has 3 rings (SSSR count). The van der Waals surface area contributed by atoms with E-state index in [4.69, 9.17) is 0 Å². The molecule has 0 radical (unpaired) electrons. The van der Waals surface area contributed by atoms with Gasteiger partial charge in [0.15, 0.2) is 5.69 Å². The van der Waals surface area contributed by atoms with Gasteiger partial charge in [0.1, 0.15) is 0 Å². The van der Waals surface area contributed by atoms with Gasteiger partial charge in [0.25, 0.3) is 5.91 Å². The lowest BCUT2D eigenvalue weighted by molar-refractivity contribution is 0.0737. The number of nitrogens with zero attached hydrogens (tertiary/aromatic N) is 3. The number of hydrogen-bond donors (Lipinski definition) is 2. The Morgan fingerprint density at radius 1 is 1.41 bits per heavy atom. The quantitative estimate of drug-likeness (QED) is 0.907. The second-order valence-corrected chi connectivity index (χ2v) is 6.97. The predicted octanol–water partition coefficient (Wildman–Crippen LogP) is 1.96. The molecule has 2 aromatic rings. The van der Waals surface area contributed by atoms with Crippen LogP contribution >= 0.6 is 11.3 Å². The topological polar surface area (TPSA) is 73.9 Å². The third-order valence-electron chi connectivity index (χ3n) is 4.23. The molecular weight excluding hydrogens is 298 g/mol. The van der Waals surface area contributed by atoms with Gasteiger partial charge in [0.05, 0.1) is 16.7 Å². The highest BCUT2D eigenvalue weighted by Crippen LogP contribution is 2.29. The van der Waals surface area contributed by atoms with E-state index in [9.17, 15) is 4.79 Å². The van der Waals surface area contributed by atoms with Crippen molar-refractivity contribution in [3.8, 4) is 0 Å². The summed E-state index contributed by atoms with van der Waals surface area (Å²) in [5, 5.41) is 11.6. The number of carbonyl (C=O) groups is 1. The molecule has 0 spiro atoms. The van der Waals surface area contributed by atoms with Gasteiger partial charge in [-0.05, 0) is 20.8 Å². The number of carbonyl (C=O) groups excluding carboxylic acids is 1. The number of rotatable bonds is 3. The van der Waals surface area contributed by atoms with Crippen molar-refractivity contribution in [3.05, 3.63) is 32.5 Å². The number of aryl methyl sites for hydroxylation is 2. The van der Waals surface area contributed by atoms with Crippen molar-refractivity contribution >= 4 is 17.2 Å². The van der Waals surface area contributed by atoms with Crippen LogP contribution in [0.15, 0.2) is 0 Å². The molecule has 6 nitrogen and oxygen atoms in total. The SMILES string of the molecule is Cc1nc(C)c(C(C)N(C)C(=O)c2n[nH]c3c2CNCC3)s1. The first kappa shape index (κ1) is 15.2. The largest absolute Gasteiger partial charge is 0.333 e. The molecule has 1 aliphatic rings. The van der Waals surface area contributed by atoms with Gasteiger partial charge < -0.3 is 10.2 Å². The summed E-state index contributed by atoms with van der Waals surface area (Å²) in [4.78, 5) is 20.2. The lowest BCUT2D eigenvalue weighted by Crippen LogP contribution is -2.32. The minimum atomic E-state index is -0.0425. The summed E-state index contributed by atoms with van der Waals surface area (Å²) < 4.78 is 0. The molecule has 1 aliphatic heterocycles. The molecule has 1 amide bonds. The second-order valence-electron chi connectivity index (χ2n) is 5.73. The number of aromatic amines is 1. The molecule has 0 aromatic carbocycles. The number of fused-ring (bicyclic) bond motifs is 1. The fraction of sp³-hybridized carbons (Fsp3) is 0.533. The maximum atomic E-state index is 12.8. The van der Waals surface area contributed by atoms with Crippen LogP contribution in [0.3, 0.4) is 0 Å². The standard InChI is InChI=1S/C15H21N5OS/c1-8-14(22-10(3)17-8)9(2)20(4)15(21)13-11-7-16-6-5-12(11)18-19-13/h9,16H,5-7H2,1-4H3,(H,18,19). The molecule has 0 saturated carbocycles. The van der Waals surface area contributed by atoms with Crippen LogP contribution in [0.2, 0.25) is 0 Å². The summed E-state index contributed by atoms with van der Waals surface area (Å²) in [5.41, 5.74) is 3.62. The highest BCUT2D eigenvalue weighted by molar-refractivity contribution is 7.11. The Bertz CT molecular complexity index is 705. The smallest absolute Gasteiger partial charge is 0.274 e. The zero-order valence-electron chi connectivity index (χ0n) is 13.4. The summed E-state index contributed by atoms with van der Waals surface area (Å²) in [6.45, 7) is 7.65. The summed E-state index contributed by atoms with van der Waals surface area (Å²) in [6.07, 6.45) is 0.891. The number of H-pyrrole nitrogens is 1. The Hall–Kier alpha value is -1.73. The zero-order valence-corrected chi connectivity index (χ0v) is 14.2. The van der Waals surface area contributed by atoms with Crippen molar-refractivity contribution in [1.82, 2.24) is 25.4 Å². The molecule has 3 heterocycles. The van der Waals surface area contributed by atoms with E-state index in [1.165, 1.54) is 0 Å². The van der Waals surface area contributed by atoms with Crippen molar-refractivity contribution in [2.75, 3.05) is 13.6 Å². The summed E-state index contributed by atoms with van der Waals surface area (Å²) in [7, 11) is 1.83.